The number of carbonyl (C=O) groups is 1. The number of carbonyl (C=O) groups excluding carboxylic acids is 1. The zero-order chi connectivity index (χ0) is 40.4. The molecule has 13 nitrogen and oxygen atoms in total. The van der Waals surface area contributed by atoms with E-state index in [0.29, 0.717) is 41.8 Å². The molecule has 2 aliphatic rings. The van der Waals surface area contributed by atoms with Gasteiger partial charge in [0.05, 0.1) is 17.2 Å². The fraction of sp³-hybridized carbons (Fsp3) is 0.409. The smallest absolute Gasteiger partial charge is 0.217 e. The van der Waals surface area contributed by atoms with Crippen LogP contribution >= 0.6 is 11.6 Å². The van der Waals surface area contributed by atoms with Crippen molar-refractivity contribution in [2.45, 2.75) is 78.2 Å². The molecule has 3 aromatic carbocycles. The average Bonchev–Trinajstić information content (AvgIpc) is 3.94. The zero-order valence-electron chi connectivity index (χ0n) is 33.3. The molecule has 0 spiro atoms. The number of nitriles is 1. The molecule has 5 aromatic rings. The maximum absolute atomic E-state index is 11.4. The third kappa shape index (κ3) is 10.3. The molecular formula is C44H50ClN9O4. The average molecular weight is 804 g/mol. The molecule has 4 heterocycles. The summed E-state index contributed by atoms with van der Waals surface area (Å²) in [5.74, 6) is 3.12. The van der Waals surface area contributed by atoms with E-state index >= 15 is 0 Å². The van der Waals surface area contributed by atoms with Gasteiger partial charge >= 0.3 is 0 Å². The number of ether oxygens (including phenoxy) is 3. The van der Waals surface area contributed by atoms with Crippen LogP contribution in [0.3, 0.4) is 0 Å². The molecule has 2 N–H and O–H groups in total. The molecule has 1 amide bonds. The Hall–Kier alpha value is -5.55. The summed E-state index contributed by atoms with van der Waals surface area (Å²) >= 11 is 6.94. The molecule has 58 heavy (non-hydrogen) atoms. The summed E-state index contributed by atoms with van der Waals surface area (Å²) in [6, 6.07) is 20.5. The molecule has 2 saturated heterocycles. The number of hydrogen-bond donors (Lipinski definition) is 2. The Morgan fingerprint density at radius 2 is 1.69 bits per heavy atom. The summed E-state index contributed by atoms with van der Waals surface area (Å²) in [5.41, 5.74) is 7.68. The van der Waals surface area contributed by atoms with E-state index in [4.69, 9.17) is 25.8 Å². The number of likely N-dealkylation sites (tertiary alicyclic amines) is 2. The zero-order valence-corrected chi connectivity index (χ0v) is 34.1. The van der Waals surface area contributed by atoms with Gasteiger partial charge in [-0.25, -0.2) is 5.10 Å². The number of nitrogens with zero attached hydrogens (tertiary/aromatic N) is 7. The van der Waals surface area contributed by atoms with Gasteiger partial charge in [0.15, 0.2) is 5.82 Å². The highest BCUT2D eigenvalue weighted by Gasteiger charge is 2.28. The molecule has 0 radical (unpaired) electrons. The van der Waals surface area contributed by atoms with Crippen molar-refractivity contribution in [3.05, 3.63) is 111 Å². The fourth-order valence-electron chi connectivity index (χ4n) is 7.92. The number of piperidine rings is 1. The largest absolute Gasteiger partial charge is 0.493 e. The summed E-state index contributed by atoms with van der Waals surface area (Å²) in [6.07, 6.45) is 7.08. The van der Waals surface area contributed by atoms with Crippen LogP contribution in [-0.2, 0) is 24.6 Å². The highest BCUT2D eigenvalue weighted by Crippen LogP contribution is 2.38. The van der Waals surface area contributed by atoms with Crippen LogP contribution in [-0.4, -0.2) is 86.7 Å². The topological polar surface area (TPSA) is 154 Å². The summed E-state index contributed by atoms with van der Waals surface area (Å²) in [6.45, 7) is 12.2. The maximum Gasteiger partial charge on any atom is 0.217 e. The molecule has 14 heteroatoms. The Kier molecular flexibility index (Phi) is 13.5. The Balaban J connectivity index is 1.01. The minimum atomic E-state index is 0.0494. The summed E-state index contributed by atoms with van der Waals surface area (Å²) in [5, 5.41) is 27.5. The second kappa shape index (κ2) is 19.3. The predicted octanol–water partition coefficient (Wildman–Crippen LogP) is 6.92. The van der Waals surface area contributed by atoms with Crippen LogP contribution in [0.2, 0.25) is 5.02 Å². The highest BCUT2D eigenvalue weighted by molar-refractivity contribution is 6.32. The lowest BCUT2D eigenvalue weighted by atomic mass is 9.93. The monoisotopic (exact) mass is 803 g/mol. The molecule has 2 aromatic heterocycles. The van der Waals surface area contributed by atoms with Crippen LogP contribution in [0, 0.1) is 25.2 Å². The van der Waals surface area contributed by atoms with Crippen molar-refractivity contribution in [2.75, 3.05) is 39.3 Å². The molecule has 2 aliphatic heterocycles. The number of halogens is 1. The molecule has 7 rings (SSSR count). The van der Waals surface area contributed by atoms with Crippen LogP contribution in [0.5, 0.6) is 17.2 Å². The molecule has 2 fully saturated rings. The Morgan fingerprint density at radius 1 is 0.914 bits per heavy atom. The summed E-state index contributed by atoms with van der Waals surface area (Å²) in [7, 11) is 0. The number of amides is 1. The number of hydrogen-bond acceptors (Lipinski definition) is 11. The Morgan fingerprint density at radius 3 is 2.47 bits per heavy atom. The van der Waals surface area contributed by atoms with Crippen LogP contribution in [0.1, 0.15) is 77.7 Å². The number of H-pyrrole nitrogens is 1. The van der Waals surface area contributed by atoms with Crippen LogP contribution < -0.4 is 19.5 Å². The quantitative estimate of drug-likeness (QED) is 0.1000. The van der Waals surface area contributed by atoms with E-state index in [1.807, 2.05) is 18.2 Å². The van der Waals surface area contributed by atoms with E-state index in [1.165, 1.54) is 6.20 Å². The van der Waals surface area contributed by atoms with E-state index in [2.05, 4.69) is 91.0 Å². The standard InChI is InChI=1S/C44H50ClN9O4/c1-29-35(7-4-8-38(29)39-9-5-10-41(30(39)2)56-18-6-14-53-16-12-37(13-17-53)48-31(3)55)28-58-43-21-42(57-27-33-19-32(22-46)23-47-24-33)36(20-40(43)45)26-54-15-11-34(25-54)44-49-51-52-50-44/h4-5,7-10,19-21,23-24,34,37H,6,11-18,25-28H2,1-3H3,(H,48,55)(H,49,50,51,52). The van der Waals surface area contributed by atoms with Crippen molar-refractivity contribution >= 4 is 17.5 Å². The van der Waals surface area contributed by atoms with E-state index in [-0.39, 0.29) is 24.5 Å². The first-order chi connectivity index (χ1) is 28.2. The number of rotatable bonds is 16. The molecule has 1 unspecified atom stereocenters. The van der Waals surface area contributed by atoms with Gasteiger partial charge in [0.1, 0.15) is 36.5 Å². The normalized spacial score (nSPS) is 16.2. The minimum absolute atomic E-state index is 0.0494. The van der Waals surface area contributed by atoms with Crippen LogP contribution in [0.15, 0.2) is 67.0 Å². The summed E-state index contributed by atoms with van der Waals surface area (Å²) in [4.78, 5) is 20.4. The molecule has 1 atom stereocenters. The fourth-order valence-corrected chi connectivity index (χ4v) is 8.16. The van der Waals surface area contributed by atoms with Crippen molar-refractivity contribution in [3.8, 4) is 34.4 Å². The van der Waals surface area contributed by atoms with Gasteiger partial charge < -0.3 is 24.4 Å². The predicted molar refractivity (Wildman–Crippen MR) is 221 cm³/mol. The van der Waals surface area contributed by atoms with Gasteiger partial charge in [-0.1, -0.05) is 41.9 Å². The van der Waals surface area contributed by atoms with Gasteiger partial charge in [0.2, 0.25) is 5.91 Å². The molecular weight excluding hydrogens is 754 g/mol. The maximum atomic E-state index is 11.4. The van der Waals surface area contributed by atoms with E-state index in [0.717, 1.165) is 109 Å². The lowest BCUT2D eigenvalue weighted by molar-refractivity contribution is -0.119. The third-order valence-corrected chi connectivity index (χ3v) is 11.4. The lowest BCUT2D eigenvalue weighted by Crippen LogP contribution is -2.44. The van der Waals surface area contributed by atoms with Gasteiger partial charge in [-0.15, -0.1) is 5.10 Å². The SMILES string of the molecule is CC(=O)NC1CCN(CCCOc2cccc(-c3cccc(COc4cc(OCc5cncc(C#N)c5)c(CN5CCC(c6nnn[nH]6)C5)cc4Cl)c3C)c2C)CC1. The number of nitrogens with one attached hydrogen (secondary N) is 2. The second-order valence-electron chi connectivity index (χ2n) is 15.2. The second-order valence-corrected chi connectivity index (χ2v) is 15.6. The van der Waals surface area contributed by atoms with Gasteiger partial charge in [-0.3, -0.25) is 14.7 Å². The van der Waals surface area contributed by atoms with Crippen LogP contribution in [0.25, 0.3) is 11.1 Å². The van der Waals surface area contributed by atoms with Gasteiger partial charge in [0.25, 0.3) is 0 Å². The third-order valence-electron chi connectivity index (χ3n) is 11.1. The number of aromatic nitrogens is 5. The van der Waals surface area contributed by atoms with Gasteiger partial charge in [0, 0.05) is 81.2 Å². The molecule has 0 bridgehead atoms. The van der Waals surface area contributed by atoms with Crippen molar-refractivity contribution in [1.82, 2.24) is 40.7 Å². The number of benzene rings is 3. The van der Waals surface area contributed by atoms with Gasteiger partial charge in [-0.2, -0.15) is 5.26 Å². The van der Waals surface area contributed by atoms with Crippen LogP contribution in [0.4, 0.5) is 0 Å². The lowest BCUT2D eigenvalue weighted by Gasteiger charge is -2.32. The first kappa shape index (κ1) is 40.6. The van der Waals surface area contributed by atoms with E-state index in [1.54, 1.807) is 19.2 Å². The van der Waals surface area contributed by atoms with Crippen molar-refractivity contribution in [1.29, 1.82) is 5.26 Å². The van der Waals surface area contributed by atoms with Crippen molar-refractivity contribution in [3.63, 3.8) is 0 Å². The number of tetrazole rings is 1. The van der Waals surface area contributed by atoms with Crippen molar-refractivity contribution in [2.24, 2.45) is 0 Å². The minimum Gasteiger partial charge on any atom is -0.493 e. The number of pyridine rings is 1. The Labute approximate surface area is 344 Å². The molecule has 0 aliphatic carbocycles. The van der Waals surface area contributed by atoms with E-state index < -0.39 is 0 Å². The first-order valence-corrected chi connectivity index (χ1v) is 20.3. The van der Waals surface area contributed by atoms with E-state index in [9.17, 15) is 10.1 Å². The molecule has 0 saturated carbocycles. The Bertz CT molecular complexity index is 2220. The van der Waals surface area contributed by atoms with Crippen molar-refractivity contribution < 1.29 is 19.0 Å². The number of aromatic amines is 1. The summed E-state index contributed by atoms with van der Waals surface area (Å²) < 4.78 is 19.2. The molecule has 302 valence electrons. The van der Waals surface area contributed by atoms with Gasteiger partial charge in [-0.05, 0) is 103 Å². The first-order valence-electron chi connectivity index (χ1n) is 19.9. The highest BCUT2D eigenvalue weighted by atomic mass is 35.5.